The van der Waals surface area contributed by atoms with E-state index in [4.69, 9.17) is 9.47 Å². The van der Waals surface area contributed by atoms with E-state index in [9.17, 15) is 5.11 Å². The van der Waals surface area contributed by atoms with E-state index in [-0.39, 0.29) is 0 Å². The SMILES string of the molecule is CCCc1ccc(C2(O)CCCOCCOCCC2)cc1. The monoisotopic (exact) mass is 292 g/mol. The second-order valence-electron chi connectivity index (χ2n) is 5.91. The van der Waals surface area contributed by atoms with Crippen molar-refractivity contribution >= 4 is 0 Å². The zero-order valence-corrected chi connectivity index (χ0v) is 13.1. The molecule has 1 aromatic rings. The van der Waals surface area contributed by atoms with Gasteiger partial charge in [0.05, 0.1) is 18.8 Å². The number of hydrogen-bond donors (Lipinski definition) is 1. The maximum Gasteiger partial charge on any atom is 0.0898 e. The average molecular weight is 292 g/mol. The van der Waals surface area contributed by atoms with Crippen LogP contribution in [0.1, 0.15) is 50.2 Å². The van der Waals surface area contributed by atoms with Crippen LogP contribution in [0.15, 0.2) is 24.3 Å². The molecule has 21 heavy (non-hydrogen) atoms. The Bertz CT molecular complexity index is 387. The van der Waals surface area contributed by atoms with Crippen LogP contribution in [0.4, 0.5) is 0 Å². The summed E-state index contributed by atoms with van der Waals surface area (Å²) >= 11 is 0. The van der Waals surface area contributed by atoms with Gasteiger partial charge in [0.1, 0.15) is 0 Å². The van der Waals surface area contributed by atoms with Crippen molar-refractivity contribution in [2.75, 3.05) is 26.4 Å². The molecule has 0 saturated carbocycles. The van der Waals surface area contributed by atoms with E-state index in [0.717, 1.165) is 44.1 Å². The minimum Gasteiger partial charge on any atom is -0.385 e. The van der Waals surface area contributed by atoms with Gasteiger partial charge in [-0.15, -0.1) is 0 Å². The first-order chi connectivity index (χ1) is 10.2. The van der Waals surface area contributed by atoms with Crippen LogP contribution >= 0.6 is 0 Å². The van der Waals surface area contributed by atoms with Crippen molar-refractivity contribution in [1.82, 2.24) is 0 Å². The fraction of sp³-hybridized carbons (Fsp3) is 0.667. The van der Waals surface area contributed by atoms with Gasteiger partial charge in [-0.25, -0.2) is 0 Å². The fourth-order valence-corrected chi connectivity index (χ4v) is 2.94. The van der Waals surface area contributed by atoms with Crippen LogP contribution in [-0.2, 0) is 21.5 Å². The standard InChI is InChI=1S/C18H28O3/c1-2-5-16-6-8-17(9-7-16)18(19)10-3-12-20-14-15-21-13-4-11-18/h6-9,19H,2-5,10-15H2,1H3. The molecule has 1 saturated heterocycles. The van der Waals surface area contributed by atoms with Crippen molar-refractivity contribution in [1.29, 1.82) is 0 Å². The molecule has 1 heterocycles. The van der Waals surface area contributed by atoms with Gasteiger partial charge in [-0.05, 0) is 43.2 Å². The third kappa shape index (κ3) is 5.10. The molecule has 3 nitrogen and oxygen atoms in total. The molecule has 0 unspecified atom stereocenters. The van der Waals surface area contributed by atoms with Gasteiger partial charge in [0.25, 0.3) is 0 Å². The van der Waals surface area contributed by atoms with Crippen molar-refractivity contribution in [3.63, 3.8) is 0 Å². The average Bonchev–Trinajstić information content (AvgIpc) is 2.54. The van der Waals surface area contributed by atoms with Crippen LogP contribution in [0, 0.1) is 0 Å². The molecule has 118 valence electrons. The van der Waals surface area contributed by atoms with Gasteiger partial charge in [0, 0.05) is 13.2 Å². The van der Waals surface area contributed by atoms with Crippen LogP contribution < -0.4 is 0 Å². The molecule has 0 bridgehead atoms. The minimum atomic E-state index is -0.748. The van der Waals surface area contributed by atoms with Gasteiger partial charge in [-0.3, -0.25) is 0 Å². The predicted molar refractivity (Wildman–Crippen MR) is 84.4 cm³/mol. The Morgan fingerprint density at radius 1 is 0.952 bits per heavy atom. The Morgan fingerprint density at radius 3 is 2.05 bits per heavy atom. The molecule has 3 heteroatoms. The number of aryl methyl sites for hydroxylation is 1. The van der Waals surface area contributed by atoms with Gasteiger partial charge in [0.2, 0.25) is 0 Å². The first-order valence-electron chi connectivity index (χ1n) is 8.22. The molecule has 1 aliphatic rings. The highest BCUT2D eigenvalue weighted by atomic mass is 16.5. The molecule has 1 N–H and O–H groups in total. The number of rotatable bonds is 3. The Balaban J connectivity index is 2.06. The first-order valence-corrected chi connectivity index (χ1v) is 8.22. The van der Waals surface area contributed by atoms with E-state index in [1.165, 1.54) is 5.56 Å². The minimum absolute atomic E-state index is 0.657. The lowest BCUT2D eigenvalue weighted by Gasteiger charge is -2.29. The summed E-state index contributed by atoms with van der Waals surface area (Å²) in [6.07, 6.45) is 5.51. The highest BCUT2D eigenvalue weighted by Gasteiger charge is 2.28. The van der Waals surface area contributed by atoms with Crippen molar-refractivity contribution in [2.45, 2.75) is 51.0 Å². The smallest absolute Gasteiger partial charge is 0.0898 e. The largest absolute Gasteiger partial charge is 0.385 e. The molecule has 1 aromatic carbocycles. The van der Waals surface area contributed by atoms with Gasteiger partial charge in [-0.1, -0.05) is 37.6 Å². The molecular formula is C18H28O3. The Hall–Kier alpha value is -0.900. The maximum atomic E-state index is 11.1. The van der Waals surface area contributed by atoms with Crippen molar-refractivity contribution in [3.05, 3.63) is 35.4 Å². The van der Waals surface area contributed by atoms with Crippen LogP contribution in [0.3, 0.4) is 0 Å². The normalized spacial score (nSPS) is 20.7. The summed E-state index contributed by atoms with van der Waals surface area (Å²) < 4.78 is 11.0. The topological polar surface area (TPSA) is 38.7 Å². The molecule has 1 fully saturated rings. The van der Waals surface area contributed by atoms with E-state index in [2.05, 4.69) is 31.2 Å². The molecule has 1 aliphatic heterocycles. The summed E-state index contributed by atoms with van der Waals surface area (Å²) in [7, 11) is 0. The van der Waals surface area contributed by atoms with E-state index in [0.29, 0.717) is 26.4 Å². The van der Waals surface area contributed by atoms with Crippen LogP contribution in [0.2, 0.25) is 0 Å². The van der Waals surface area contributed by atoms with Gasteiger partial charge < -0.3 is 14.6 Å². The first kappa shape index (κ1) is 16.5. The van der Waals surface area contributed by atoms with Crippen LogP contribution in [0.25, 0.3) is 0 Å². The zero-order valence-electron chi connectivity index (χ0n) is 13.1. The number of hydrogen-bond acceptors (Lipinski definition) is 3. The summed E-state index contributed by atoms with van der Waals surface area (Å²) in [6, 6.07) is 8.47. The van der Waals surface area contributed by atoms with Gasteiger partial charge in [-0.2, -0.15) is 0 Å². The summed E-state index contributed by atoms with van der Waals surface area (Å²) in [5.74, 6) is 0. The molecule has 0 atom stereocenters. The van der Waals surface area contributed by atoms with Crippen LogP contribution in [-0.4, -0.2) is 31.5 Å². The molecule has 0 radical (unpaired) electrons. The lowest BCUT2D eigenvalue weighted by molar-refractivity contribution is 0.00640. The molecule has 0 spiro atoms. The molecule has 0 aromatic heterocycles. The molecule has 0 amide bonds. The third-order valence-corrected chi connectivity index (χ3v) is 4.16. The third-order valence-electron chi connectivity index (χ3n) is 4.16. The summed E-state index contributed by atoms with van der Waals surface area (Å²) in [4.78, 5) is 0. The number of aliphatic hydroxyl groups is 1. The second-order valence-corrected chi connectivity index (χ2v) is 5.91. The van der Waals surface area contributed by atoms with E-state index < -0.39 is 5.60 Å². The molecule has 2 rings (SSSR count). The number of benzene rings is 1. The molecular weight excluding hydrogens is 264 g/mol. The molecule has 0 aliphatic carbocycles. The van der Waals surface area contributed by atoms with Crippen LogP contribution in [0.5, 0.6) is 0 Å². The second kappa shape index (κ2) is 8.52. The Labute approximate surface area is 128 Å². The summed E-state index contributed by atoms with van der Waals surface area (Å²) in [6.45, 7) is 4.89. The van der Waals surface area contributed by atoms with Crippen molar-refractivity contribution in [3.8, 4) is 0 Å². The predicted octanol–water partition coefficient (Wildman–Crippen LogP) is 3.43. The van der Waals surface area contributed by atoms with E-state index in [1.807, 2.05) is 0 Å². The number of ether oxygens (including phenoxy) is 2. The zero-order chi connectivity index (χ0) is 15.0. The quantitative estimate of drug-likeness (QED) is 0.927. The van der Waals surface area contributed by atoms with Gasteiger partial charge >= 0.3 is 0 Å². The highest BCUT2D eigenvalue weighted by Crippen LogP contribution is 2.32. The van der Waals surface area contributed by atoms with Crippen molar-refractivity contribution in [2.24, 2.45) is 0 Å². The fourth-order valence-electron chi connectivity index (χ4n) is 2.94. The highest BCUT2D eigenvalue weighted by molar-refractivity contribution is 5.27. The van der Waals surface area contributed by atoms with Gasteiger partial charge in [0.15, 0.2) is 0 Å². The maximum absolute atomic E-state index is 11.1. The van der Waals surface area contributed by atoms with E-state index in [1.54, 1.807) is 0 Å². The lowest BCUT2D eigenvalue weighted by atomic mass is 9.84. The Morgan fingerprint density at radius 2 is 1.52 bits per heavy atom. The Kier molecular flexibility index (Phi) is 6.68. The lowest BCUT2D eigenvalue weighted by Crippen LogP contribution is -2.26. The summed E-state index contributed by atoms with van der Waals surface area (Å²) in [5, 5.41) is 11.1. The van der Waals surface area contributed by atoms with E-state index >= 15 is 0 Å². The van der Waals surface area contributed by atoms with Crippen molar-refractivity contribution < 1.29 is 14.6 Å². The summed E-state index contributed by atoms with van der Waals surface area (Å²) in [5.41, 5.74) is 1.62.